The first-order valence-corrected chi connectivity index (χ1v) is 8.29. The topological polar surface area (TPSA) is 56.3 Å². The van der Waals surface area contributed by atoms with Crippen LogP contribution in [-0.4, -0.2) is 30.0 Å². The second-order valence-corrected chi connectivity index (χ2v) is 5.77. The van der Waals surface area contributed by atoms with Gasteiger partial charge in [0.15, 0.2) is 11.5 Å². The molecule has 3 rings (SSSR count). The molecule has 0 saturated heterocycles. The van der Waals surface area contributed by atoms with Crippen LogP contribution in [0.2, 0.25) is 0 Å². The zero-order valence-electron chi connectivity index (χ0n) is 14.6. The van der Waals surface area contributed by atoms with Gasteiger partial charge < -0.3 is 14.8 Å². The molecule has 0 amide bonds. The molecule has 0 aliphatic carbocycles. The summed E-state index contributed by atoms with van der Waals surface area (Å²) in [6.45, 7) is 2.52. The van der Waals surface area contributed by atoms with Gasteiger partial charge in [-0.1, -0.05) is 12.1 Å². The van der Waals surface area contributed by atoms with Gasteiger partial charge in [-0.15, -0.1) is 10.2 Å². The number of para-hydroxylation sites is 2. The quantitative estimate of drug-likeness (QED) is 0.691. The second-order valence-electron chi connectivity index (χ2n) is 5.77. The van der Waals surface area contributed by atoms with Crippen LogP contribution < -0.4 is 14.8 Å². The molecule has 0 radical (unpaired) electrons. The molecule has 1 heterocycles. The van der Waals surface area contributed by atoms with Gasteiger partial charge in [-0.05, 0) is 55.5 Å². The predicted molar refractivity (Wildman–Crippen MR) is 99.0 cm³/mol. The van der Waals surface area contributed by atoms with E-state index >= 15 is 0 Å². The Balaban J connectivity index is 1.56. The molecule has 134 valence electrons. The SMILES string of the molecule is COc1ccccc1OC(C)CNc1ccc(-c2ccc(F)cc2)nn1. The average molecular weight is 353 g/mol. The van der Waals surface area contributed by atoms with Crippen molar-refractivity contribution in [2.75, 3.05) is 19.0 Å². The van der Waals surface area contributed by atoms with Gasteiger partial charge in [-0.2, -0.15) is 0 Å². The Morgan fingerprint density at radius 2 is 1.69 bits per heavy atom. The Morgan fingerprint density at radius 1 is 0.962 bits per heavy atom. The number of hydrogen-bond donors (Lipinski definition) is 1. The predicted octanol–water partition coefficient (Wildman–Crippen LogP) is 4.17. The highest BCUT2D eigenvalue weighted by Gasteiger charge is 2.09. The number of anilines is 1. The fraction of sp³-hybridized carbons (Fsp3) is 0.200. The van der Waals surface area contributed by atoms with E-state index in [4.69, 9.17) is 9.47 Å². The van der Waals surface area contributed by atoms with E-state index in [2.05, 4.69) is 15.5 Å². The van der Waals surface area contributed by atoms with Crippen LogP contribution >= 0.6 is 0 Å². The van der Waals surface area contributed by atoms with Crippen molar-refractivity contribution < 1.29 is 13.9 Å². The van der Waals surface area contributed by atoms with Crippen LogP contribution in [0.3, 0.4) is 0 Å². The molecule has 1 unspecified atom stereocenters. The Bertz CT molecular complexity index is 838. The summed E-state index contributed by atoms with van der Waals surface area (Å²) < 4.78 is 24.2. The van der Waals surface area contributed by atoms with Crippen molar-refractivity contribution >= 4 is 5.82 Å². The van der Waals surface area contributed by atoms with Crippen LogP contribution in [0.15, 0.2) is 60.7 Å². The van der Waals surface area contributed by atoms with Crippen LogP contribution in [0.4, 0.5) is 10.2 Å². The van der Waals surface area contributed by atoms with Crippen molar-refractivity contribution in [2.45, 2.75) is 13.0 Å². The number of nitrogens with one attached hydrogen (secondary N) is 1. The fourth-order valence-electron chi connectivity index (χ4n) is 2.42. The molecule has 5 nitrogen and oxygen atoms in total. The molecule has 2 aromatic carbocycles. The molecule has 1 aromatic heterocycles. The lowest BCUT2D eigenvalue weighted by molar-refractivity contribution is 0.223. The lowest BCUT2D eigenvalue weighted by atomic mass is 10.1. The number of rotatable bonds is 7. The molecule has 1 N–H and O–H groups in total. The molecule has 3 aromatic rings. The van der Waals surface area contributed by atoms with Gasteiger partial charge in [0.25, 0.3) is 0 Å². The number of ether oxygens (including phenoxy) is 2. The van der Waals surface area contributed by atoms with E-state index in [1.807, 2.05) is 43.3 Å². The van der Waals surface area contributed by atoms with E-state index in [9.17, 15) is 4.39 Å². The number of methoxy groups -OCH3 is 1. The van der Waals surface area contributed by atoms with Gasteiger partial charge in [-0.25, -0.2) is 4.39 Å². The molecule has 0 aliphatic heterocycles. The number of nitrogens with zero attached hydrogens (tertiary/aromatic N) is 2. The molecule has 0 aliphatic rings. The molecule has 26 heavy (non-hydrogen) atoms. The van der Waals surface area contributed by atoms with Crippen LogP contribution in [0.25, 0.3) is 11.3 Å². The normalized spacial score (nSPS) is 11.7. The molecular weight excluding hydrogens is 333 g/mol. The lowest BCUT2D eigenvalue weighted by Crippen LogP contribution is -2.23. The Hall–Kier alpha value is -3.15. The van der Waals surface area contributed by atoms with Gasteiger partial charge in [0.1, 0.15) is 17.7 Å². The third kappa shape index (κ3) is 4.47. The molecule has 1 atom stereocenters. The highest BCUT2D eigenvalue weighted by molar-refractivity contribution is 5.59. The van der Waals surface area contributed by atoms with Gasteiger partial charge in [0.05, 0.1) is 19.3 Å². The number of hydrogen-bond acceptors (Lipinski definition) is 5. The molecule has 0 saturated carbocycles. The van der Waals surface area contributed by atoms with Crippen molar-refractivity contribution in [3.63, 3.8) is 0 Å². The summed E-state index contributed by atoms with van der Waals surface area (Å²) in [7, 11) is 1.61. The maximum absolute atomic E-state index is 13.0. The largest absolute Gasteiger partial charge is 0.493 e. The summed E-state index contributed by atoms with van der Waals surface area (Å²) in [6.07, 6.45) is -0.0927. The van der Waals surface area contributed by atoms with Gasteiger partial charge in [-0.3, -0.25) is 0 Å². The summed E-state index contributed by atoms with van der Waals surface area (Å²) in [5.74, 6) is 1.76. The Kier molecular flexibility index (Phi) is 5.63. The third-order valence-corrected chi connectivity index (χ3v) is 3.77. The maximum atomic E-state index is 13.0. The molecule has 6 heteroatoms. The van der Waals surface area contributed by atoms with Crippen LogP contribution in [0.1, 0.15) is 6.92 Å². The van der Waals surface area contributed by atoms with Gasteiger partial charge in [0.2, 0.25) is 0 Å². The van der Waals surface area contributed by atoms with Crippen LogP contribution in [-0.2, 0) is 0 Å². The standard InChI is InChI=1S/C20H20FN3O2/c1-14(26-19-6-4-3-5-18(19)25-2)13-22-20-12-11-17(23-24-20)15-7-9-16(21)10-8-15/h3-12,14H,13H2,1-2H3,(H,22,24). The van der Waals surface area contributed by atoms with E-state index < -0.39 is 0 Å². The molecular formula is C20H20FN3O2. The summed E-state index contributed by atoms with van der Waals surface area (Å²) >= 11 is 0. The Morgan fingerprint density at radius 3 is 2.35 bits per heavy atom. The molecule has 0 fully saturated rings. The van der Waals surface area contributed by atoms with Gasteiger partial charge in [0, 0.05) is 5.56 Å². The fourth-order valence-corrected chi connectivity index (χ4v) is 2.42. The van der Waals surface area contributed by atoms with E-state index in [1.54, 1.807) is 19.2 Å². The first-order chi connectivity index (χ1) is 12.7. The first-order valence-electron chi connectivity index (χ1n) is 8.29. The van der Waals surface area contributed by atoms with E-state index in [0.717, 1.165) is 5.56 Å². The van der Waals surface area contributed by atoms with Crippen molar-refractivity contribution in [2.24, 2.45) is 0 Å². The highest BCUT2D eigenvalue weighted by atomic mass is 19.1. The lowest BCUT2D eigenvalue weighted by Gasteiger charge is -2.17. The third-order valence-electron chi connectivity index (χ3n) is 3.77. The van der Waals surface area contributed by atoms with Crippen molar-refractivity contribution in [1.29, 1.82) is 0 Å². The van der Waals surface area contributed by atoms with Crippen molar-refractivity contribution in [1.82, 2.24) is 10.2 Å². The number of aromatic nitrogens is 2. The summed E-state index contributed by atoms with van der Waals surface area (Å²) in [5, 5.41) is 11.5. The monoisotopic (exact) mass is 353 g/mol. The number of benzene rings is 2. The van der Waals surface area contributed by atoms with Crippen molar-refractivity contribution in [3.05, 3.63) is 66.5 Å². The average Bonchev–Trinajstić information content (AvgIpc) is 2.68. The zero-order chi connectivity index (χ0) is 18.4. The first kappa shape index (κ1) is 17.7. The minimum Gasteiger partial charge on any atom is -0.493 e. The number of halogens is 1. The van der Waals surface area contributed by atoms with Gasteiger partial charge >= 0.3 is 0 Å². The smallest absolute Gasteiger partial charge is 0.161 e. The zero-order valence-corrected chi connectivity index (χ0v) is 14.6. The van der Waals surface area contributed by atoms with E-state index in [-0.39, 0.29) is 11.9 Å². The summed E-state index contributed by atoms with van der Waals surface area (Å²) in [6, 6.07) is 17.4. The molecule has 0 bridgehead atoms. The summed E-state index contributed by atoms with van der Waals surface area (Å²) in [4.78, 5) is 0. The van der Waals surface area contributed by atoms with E-state index in [0.29, 0.717) is 29.6 Å². The van der Waals surface area contributed by atoms with Crippen molar-refractivity contribution in [3.8, 4) is 22.8 Å². The highest BCUT2D eigenvalue weighted by Crippen LogP contribution is 2.26. The van der Waals surface area contributed by atoms with E-state index in [1.165, 1.54) is 12.1 Å². The minimum atomic E-state index is -0.274. The summed E-state index contributed by atoms with van der Waals surface area (Å²) in [5.41, 5.74) is 1.51. The maximum Gasteiger partial charge on any atom is 0.161 e. The minimum absolute atomic E-state index is 0.0927. The van der Waals surface area contributed by atoms with Crippen LogP contribution in [0.5, 0.6) is 11.5 Å². The molecule has 0 spiro atoms. The second kappa shape index (κ2) is 8.29. The Labute approximate surface area is 151 Å². The van der Waals surface area contributed by atoms with Crippen LogP contribution in [0, 0.1) is 5.82 Å².